The van der Waals surface area contributed by atoms with Gasteiger partial charge >= 0.3 is 0 Å². The highest BCUT2D eigenvalue weighted by Gasteiger charge is 2.61. The van der Waals surface area contributed by atoms with Crippen molar-refractivity contribution in [1.29, 1.82) is 0 Å². The van der Waals surface area contributed by atoms with E-state index < -0.39 is 11.4 Å². The van der Waals surface area contributed by atoms with Crippen molar-refractivity contribution < 1.29 is 14.4 Å². The van der Waals surface area contributed by atoms with E-state index in [0.29, 0.717) is 29.9 Å². The predicted octanol–water partition coefficient (Wildman–Crippen LogP) is 2.71. The van der Waals surface area contributed by atoms with Gasteiger partial charge in [0, 0.05) is 36.9 Å². The molecule has 3 heterocycles. The minimum Gasteiger partial charge on any atom is -0.355 e. The van der Waals surface area contributed by atoms with Crippen LogP contribution in [0.3, 0.4) is 0 Å². The topological polar surface area (TPSA) is 73.5 Å². The van der Waals surface area contributed by atoms with Gasteiger partial charge in [-0.05, 0) is 24.1 Å². The number of benzene rings is 2. The van der Waals surface area contributed by atoms with E-state index in [-0.39, 0.29) is 11.8 Å². The second-order valence-electron chi connectivity index (χ2n) is 7.33. The minimum atomic E-state index is -1.35. The summed E-state index contributed by atoms with van der Waals surface area (Å²) in [4.78, 5) is 45.1. The van der Waals surface area contributed by atoms with Gasteiger partial charge in [0.1, 0.15) is 0 Å². The largest absolute Gasteiger partial charge is 0.355 e. The molecule has 0 fully saturated rings. The standard InChI is InChI=1S/C22H19N3O3/c1-13(26)24-12-11-16-15-7-3-5-9-18(15)23-20(16)22(24)17-8-4-6-10-19(17)25(14(2)27)21(22)28/h3-10,23H,11-12H2,1-2H3/t22-/m1/s1. The highest BCUT2D eigenvalue weighted by Crippen LogP contribution is 2.51. The van der Waals surface area contributed by atoms with E-state index in [4.69, 9.17) is 0 Å². The zero-order valence-corrected chi connectivity index (χ0v) is 15.7. The summed E-state index contributed by atoms with van der Waals surface area (Å²) in [7, 11) is 0. The molecule has 5 rings (SSSR count). The van der Waals surface area contributed by atoms with Crippen LogP contribution in [0.25, 0.3) is 10.9 Å². The summed E-state index contributed by atoms with van der Waals surface area (Å²) in [6.45, 7) is 3.26. The van der Waals surface area contributed by atoms with E-state index in [9.17, 15) is 14.4 Å². The zero-order chi connectivity index (χ0) is 19.6. The van der Waals surface area contributed by atoms with Crippen LogP contribution in [-0.4, -0.2) is 34.2 Å². The number of hydrogen-bond acceptors (Lipinski definition) is 3. The number of aromatic nitrogens is 1. The Morgan fingerprint density at radius 2 is 1.71 bits per heavy atom. The average Bonchev–Trinajstić information content (AvgIpc) is 3.17. The third-order valence-electron chi connectivity index (χ3n) is 5.91. The first-order chi connectivity index (χ1) is 13.5. The third kappa shape index (κ3) is 1.84. The summed E-state index contributed by atoms with van der Waals surface area (Å²) in [5, 5.41) is 1.05. The van der Waals surface area contributed by atoms with Gasteiger partial charge in [-0.1, -0.05) is 36.4 Å². The molecule has 2 aliphatic rings. The molecule has 6 nitrogen and oxygen atoms in total. The maximum Gasteiger partial charge on any atom is 0.270 e. The van der Waals surface area contributed by atoms with Crippen LogP contribution in [0, 0.1) is 0 Å². The molecule has 28 heavy (non-hydrogen) atoms. The Balaban J connectivity index is 1.92. The van der Waals surface area contributed by atoms with Gasteiger partial charge in [0.2, 0.25) is 11.8 Å². The lowest BCUT2D eigenvalue weighted by molar-refractivity contribution is -0.144. The van der Waals surface area contributed by atoms with Crippen molar-refractivity contribution in [3.05, 3.63) is 65.4 Å². The Bertz CT molecular complexity index is 1180. The second kappa shape index (κ2) is 5.55. The molecule has 0 radical (unpaired) electrons. The number of imide groups is 1. The molecular formula is C22H19N3O3. The van der Waals surface area contributed by atoms with Gasteiger partial charge in [0.25, 0.3) is 5.91 Å². The van der Waals surface area contributed by atoms with Crippen LogP contribution in [0.5, 0.6) is 0 Å². The maximum atomic E-state index is 13.8. The van der Waals surface area contributed by atoms with Crippen molar-refractivity contribution in [3.63, 3.8) is 0 Å². The summed E-state index contributed by atoms with van der Waals surface area (Å²) < 4.78 is 0. The van der Waals surface area contributed by atoms with Crippen LogP contribution in [0.4, 0.5) is 5.69 Å². The van der Waals surface area contributed by atoms with Crippen molar-refractivity contribution in [2.45, 2.75) is 25.8 Å². The summed E-state index contributed by atoms with van der Waals surface area (Å²) >= 11 is 0. The minimum absolute atomic E-state index is 0.196. The number of H-pyrrole nitrogens is 1. The number of amides is 3. The molecule has 1 N–H and O–H groups in total. The fraction of sp³-hybridized carbons (Fsp3) is 0.227. The van der Waals surface area contributed by atoms with Gasteiger partial charge in [-0.2, -0.15) is 0 Å². The smallest absolute Gasteiger partial charge is 0.270 e. The highest BCUT2D eigenvalue weighted by atomic mass is 16.2. The maximum absolute atomic E-state index is 13.8. The molecule has 3 aromatic rings. The average molecular weight is 373 g/mol. The van der Waals surface area contributed by atoms with Crippen LogP contribution in [0.15, 0.2) is 48.5 Å². The first kappa shape index (κ1) is 16.7. The quantitative estimate of drug-likeness (QED) is 0.658. The van der Waals surface area contributed by atoms with Crippen molar-refractivity contribution in [2.24, 2.45) is 0 Å². The lowest BCUT2D eigenvalue weighted by Crippen LogP contribution is -2.59. The van der Waals surface area contributed by atoms with E-state index in [1.807, 2.05) is 36.4 Å². The molecule has 140 valence electrons. The summed E-state index contributed by atoms with van der Waals surface area (Å²) in [6, 6.07) is 15.1. The van der Waals surface area contributed by atoms with Gasteiger partial charge in [-0.3, -0.25) is 14.4 Å². The second-order valence-corrected chi connectivity index (χ2v) is 7.33. The number of hydrogen-bond donors (Lipinski definition) is 1. The first-order valence-electron chi connectivity index (χ1n) is 9.30. The van der Waals surface area contributed by atoms with E-state index in [0.717, 1.165) is 16.5 Å². The number of aromatic amines is 1. The highest BCUT2D eigenvalue weighted by molar-refractivity contribution is 6.24. The van der Waals surface area contributed by atoms with Gasteiger partial charge < -0.3 is 9.88 Å². The first-order valence-corrected chi connectivity index (χ1v) is 9.30. The summed E-state index contributed by atoms with van der Waals surface area (Å²) in [5.74, 6) is -0.956. The van der Waals surface area contributed by atoms with Gasteiger partial charge in [-0.25, -0.2) is 4.90 Å². The van der Waals surface area contributed by atoms with E-state index >= 15 is 0 Å². The molecule has 0 unspecified atom stereocenters. The van der Waals surface area contributed by atoms with E-state index in [1.54, 1.807) is 17.0 Å². The SMILES string of the molecule is CC(=O)N1C(=O)[C@@]2(c3ccccc31)c1[nH]c3ccccc3c1CCN2C(C)=O. The molecule has 1 atom stereocenters. The molecule has 2 aliphatic heterocycles. The number of para-hydroxylation sites is 2. The number of nitrogens with one attached hydrogen (secondary N) is 1. The van der Waals surface area contributed by atoms with E-state index in [2.05, 4.69) is 4.98 Å². The van der Waals surface area contributed by atoms with Crippen LogP contribution in [0.2, 0.25) is 0 Å². The van der Waals surface area contributed by atoms with Gasteiger partial charge in [0.05, 0.1) is 11.4 Å². The lowest BCUT2D eigenvalue weighted by Gasteiger charge is -2.43. The Hall–Kier alpha value is -3.41. The molecule has 6 heteroatoms. The number of anilines is 1. The number of rotatable bonds is 0. The van der Waals surface area contributed by atoms with Crippen LogP contribution >= 0.6 is 0 Å². The Labute approximate surface area is 161 Å². The number of nitrogens with zero attached hydrogens (tertiary/aromatic N) is 2. The van der Waals surface area contributed by atoms with Crippen LogP contribution in [0.1, 0.15) is 30.7 Å². The summed E-state index contributed by atoms with van der Waals surface area (Å²) in [5.41, 5.74) is 2.50. The molecule has 0 aliphatic carbocycles. The number of carbonyl (C=O) groups is 3. The zero-order valence-electron chi connectivity index (χ0n) is 15.7. The van der Waals surface area contributed by atoms with Crippen LogP contribution in [-0.2, 0) is 26.3 Å². The molecule has 3 amide bonds. The molecule has 0 saturated carbocycles. The molecule has 1 aromatic heterocycles. The Morgan fingerprint density at radius 3 is 2.46 bits per heavy atom. The third-order valence-corrected chi connectivity index (χ3v) is 5.91. The predicted molar refractivity (Wildman–Crippen MR) is 105 cm³/mol. The molecule has 2 aromatic carbocycles. The normalized spacial score (nSPS) is 20.6. The monoisotopic (exact) mass is 373 g/mol. The van der Waals surface area contributed by atoms with E-state index in [1.165, 1.54) is 18.7 Å². The van der Waals surface area contributed by atoms with Crippen molar-refractivity contribution in [1.82, 2.24) is 9.88 Å². The molecule has 1 spiro atoms. The molecular weight excluding hydrogens is 354 g/mol. The molecule has 0 bridgehead atoms. The number of carbonyl (C=O) groups excluding carboxylic acids is 3. The Morgan fingerprint density at radius 1 is 1.00 bits per heavy atom. The van der Waals surface area contributed by atoms with Crippen molar-refractivity contribution >= 4 is 34.3 Å². The fourth-order valence-corrected chi connectivity index (χ4v) is 4.86. The van der Waals surface area contributed by atoms with Crippen molar-refractivity contribution in [2.75, 3.05) is 11.4 Å². The van der Waals surface area contributed by atoms with Crippen molar-refractivity contribution in [3.8, 4) is 0 Å². The van der Waals surface area contributed by atoms with Crippen LogP contribution < -0.4 is 4.90 Å². The van der Waals surface area contributed by atoms with Gasteiger partial charge in [0.15, 0.2) is 5.54 Å². The van der Waals surface area contributed by atoms with Gasteiger partial charge in [-0.15, -0.1) is 0 Å². The Kier molecular flexibility index (Phi) is 3.32. The fourth-order valence-electron chi connectivity index (χ4n) is 4.86. The molecule has 0 saturated heterocycles. The lowest BCUT2D eigenvalue weighted by atomic mass is 9.80. The number of fused-ring (bicyclic) bond motifs is 6. The summed E-state index contributed by atoms with van der Waals surface area (Å²) in [6.07, 6.45) is 0.649.